The zero-order valence-corrected chi connectivity index (χ0v) is 14.0. The first-order valence-electron chi connectivity index (χ1n) is 8.65. The third-order valence-electron chi connectivity index (χ3n) is 5.14. The second kappa shape index (κ2) is 7.24. The summed E-state index contributed by atoms with van der Waals surface area (Å²) in [6.07, 6.45) is 7.72. The van der Waals surface area contributed by atoms with Gasteiger partial charge in [-0.05, 0) is 53.4 Å². The number of nitrogens with one attached hydrogen (secondary N) is 1. The van der Waals surface area contributed by atoms with Crippen molar-refractivity contribution < 1.29 is 4.74 Å². The lowest BCUT2D eigenvalue weighted by Crippen LogP contribution is -2.48. The number of ether oxygens (including phenoxy) is 1. The third kappa shape index (κ3) is 4.19. The van der Waals surface area contributed by atoms with E-state index in [0.717, 1.165) is 19.7 Å². The topological polar surface area (TPSA) is 24.5 Å². The summed E-state index contributed by atoms with van der Waals surface area (Å²) >= 11 is 0. The highest BCUT2D eigenvalue weighted by Gasteiger charge is 2.39. The van der Waals surface area contributed by atoms with Gasteiger partial charge in [0.25, 0.3) is 0 Å². The van der Waals surface area contributed by atoms with Crippen molar-refractivity contribution in [1.82, 2.24) is 10.2 Å². The van der Waals surface area contributed by atoms with Crippen LogP contribution in [0.5, 0.6) is 0 Å². The van der Waals surface area contributed by atoms with Gasteiger partial charge in [-0.3, -0.25) is 4.90 Å². The number of hydrogen-bond donors (Lipinski definition) is 1. The predicted octanol–water partition coefficient (Wildman–Crippen LogP) is 3.19. The molecule has 2 aliphatic rings. The van der Waals surface area contributed by atoms with Crippen LogP contribution in [0.4, 0.5) is 0 Å². The van der Waals surface area contributed by atoms with Gasteiger partial charge in [0.15, 0.2) is 0 Å². The average Bonchev–Trinajstić information content (AvgIpc) is 2.82. The molecule has 118 valence electrons. The van der Waals surface area contributed by atoms with E-state index >= 15 is 0 Å². The van der Waals surface area contributed by atoms with Crippen LogP contribution in [0.2, 0.25) is 0 Å². The lowest BCUT2D eigenvalue weighted by molar-refractivity contribution is -0.0837. The second-order valence-electron chi connectivity index (χ2n) is 7.31. The first-order valence-corrected chi connectivity index (χ1v) is 8.65. The highest BCUT2D eigenvalue weighted by molar-refractivity contribution is 4.93. The molecule has 1 aliphatic heterocycles. The molecule has 1 heterocycles. The summed E-state index contributed by atoms with van der Waals surface area (Å²) in [5.74, 6) is 0. The first-order chi connectivity index (χ1) is 9.52. The highest BCUT2D eigenvalue weighted by atomic mass is 16.5. The van der Waals surface area contributed by atoms with E-state index in [1.54, 1.807) is 0 Å². The Morgan fingerprint density at radius 2 is 1.80 bits per heavy atom. The van der Waals surface area contributed by atoms with Crippen molar-refractivity contribution in [2.75, 3.05) is 19.7 Å². The maximum Gasteiger partial charge on any atom is 0.0697 e. The highest BCUT2D eigenvalue weighted by Crippen LogP contribution is 2.39. The van der Waals surface area contributed by atoms with Gasteiger partial charge in [0.2, 0.25) is 0 Å². The summed E-state index contributed by atoms with van der Waals surface area (Å²) in [6.45, 7) is 12.4. The summed E-state index contributed by atoms with van der Waals surface area (Å²) in [5, 5.41) is 3.79. The maximum atomic E-state index is 6.11. The molecule has 20 heavy (non-hydrogen) atoms. The minimum absolute atomic E-state index is 0.242. The summed E-state index contributed by atoms with van der Waals surface area (Å²) in [5.41, 5.74) is 0.242. The molecule has 1 spiro atoms. The molecular formula is C17H34N2O. The van der Waals surface area contributed by atoms with Crippen molar-refractivity contribution >= 4 is 0 Å². The summed E-state index contributed by atoms with van der Waals surface area (Å²) in [4.78, 5) is 2.57. The van der Waals surface area contributed by atoms with Gasteiger partial charge in [-0.25, -0.2) is 0 Å². The van der Waals surface area contributed by atoms with Crippen LogP contribution in [0.1, 0.15) is 66.2 Å². The number of rotatable bonds is 6. The van der Waals surface area contributed by atoms with Crippen LogP contribution >= 0.6 is 0 Å². The maximum absolute atomic E-state index is 6.11. The van der Waals surface area contributed by atoms with E-state index < -0.39 is 0 Å². The first kappa shape index (κ1) is 16.3. The number of hydrogen-bond acceptors (Lipinski definition) is 3. The Labute approximate surface area is 125 Å². The van der Waals surface area contributed by atoms with E-state index in [0.29, 0.717) is 18.1 Å². The van der Waals surface area contributed by atoms with Gasteiger partial charge < -0.3 is 10.1 Å². The van der Waals surface area contributed by atoms with Crippen LogP contribution in [0.25, 0.3) is 0 Å². The van der Waals surface area contributed by atoms with Crippen molar-refractivity contribution in [1.29, 1.82) is 0 Å². The molecule has 1 N–H and O–H groups in total. The van der Waals surface area contributed by atoms with Crippen LogP contribution in [0.3, 0.4) is 0 Å². The predicted molar refractivity (Wildman–Crippen MR) is 85.2 cm³/mol. The summed E-state index contributed by atoms with van der Waals surface area (Å²) in [6, 6.07) is 1.93. The average molecular weight is 282 g/mol. The van der Waals surface area contributed by atoms with Gasteiger partial charge >= 0.3 is 0 Å². The molecule has 1 unspecified atom stereocenters. The standard InChI is InChI=1S/C17H34N2O/c1-14(2)19(15(3)4)11-10-18-16-7-12-20-17(13-16)8-5-6-9-17/h14-16,18H,5-13H2,1-4H3. The van der Waals surface area contributed by atoms with E-state index in [9.17, 15) is 0 Å². The van der Waals surface area contributed by atoms with Gasteiger partial charge in [-0.15, -0.1) is 0 Å². The zero-order valence-electron chi connectivity index (χ0n) is 14.0. The van der Waals surface area contributed by atoms with Crippen LogP contribution < -0.4 is 5.32 Å². The molecule has 0 bridgehead atoms. The molecule has 0 aromatic heterocycles. The molecule has 0 aromatic carbocycles. The Kier molecular flexibility index (Phi) is 5.88. The van der Waals surface area contributed by atoms with E-state index in [1.165, 1.54) is 38.5 Å². The molecule has 1 saturated carbocycles. The Balaban J connectivity index is 1.73. The van der Waals surface area contributed by atoms with E-state index in [1.807, 2.05) is 0 Å². The SMILES string of the molecule is CC(C)N(CCNC1CCOC2(CCCC2)C1)C(C)C. The molecule has 0 radical (unpaired) electrons. The van der Waals surface area contributed by atoms with E-state index in [4.69, 9.17) is 4.74 Å². The van der Waals surface area contributed by atoms with Crippen molar-refractivity contribution in [3.05, 3.63) is 0 Å². The van der Waals surface area contributed by atoms with Crippen molar-refractivity contribution in [2.45, 2.75) is 89.9 Å². The van der Waals surface area contributed by atoms with Gasteiger partial charge in [-0.2, -0.15) is 0 Å². The molecule has 1 atom stereocenters. The number of nitrogens with zero attached hydrogens (tertiary/aromatic N) is 1. The molecule has 3 heteroatoms. The third-order valence-corrected chi connectivity index (χ3v) is 5.14. The van der Waals surface area contributed by atoms with Crippen molar-refractivity contribution in [3.8, 4) is 0 Å². The van der Waals surface area contributed by atoms with E-state index in [2.05, 4.69) is 37.9 Å². The minimum atomic E-state index is 0.242. The van der Waals surface area contributed by atoms with Crippen molar-refractivity contribution in [3.63, 3.8) is 0 Å². The normalized spacial score (nSPS) is 26.2. The quantitative estimate of drug-likeness (QED) is 0.810. The largest absolute Gasteiger partial charge is 0.375 e. The molecule has 0 amide bonds. The van der Waals surface area contributed by atoms with Gasteiger partial charge in [0, 0.05) is 37.8 Å². The Morgan fingerprint density at radius 1 is 1.15 bits per heavy atom. The van der Waals surface area contributed by atoms with E-state index in [-0.39, 0.29) is 5.60 Å². The molecular weight excluding hydrogens is 248 g/mol. The smallest absolute Gasteiger partial charge is 0.0697 e. The van der Waals surface area contributed by atoms with Gasteiger partial charge in [0.1, 0.15) is 0 Å². The molecule has 2 fully saturated rings. The van der Waals surface area contributed by atoms with Crippen LogP contribution in [-0.2, 0) is 4.74 Å². The molecule has 0 aromatic rings. The van der Waals surface area contributed by atoms with Gasteiger partial charge in [-0.1, -0.05) is 12.8 Å². The Bertz CT molecular complexity index is 277. The fraction of sp³-hybridized carbons (Fsp3) is 1.00. The molecule has 2 rings (SSSR count). The fourth-order valence-corrected chi connectivity index (χ4v) is 4.08. The van der Waals surface area contributed by atoms with Crippen LogP contribution in [0, 0.1) is 0 Å². The monoisotopic (exact) mass is 282 g/mol. The lowest BCUT2D eigenvalue weighted by atomic mass is 9.89. The lowest BCUT2D eigenvalue weighted by Gasteiger charge is -2.39. The van der Waals surface area contributed by atoms with Crippen LogP contribution in [0.15, 0.2) is 0 Å². The Hall–Kier alpha value is -0.120. The van der Waals surface area contributed by atoms with Gasteiger partial charge in [0.05, 0.1) is 5.60 Å². The summed E-state index contributed by atoms with van der Waals surface area (Å²) in [7, 11) is 0. The minimum Gasteiger partial charge on any atom is -0.375 e. The molecule has 1 saturated heterocycles. The Morgan fingerprint density at radius 3 is 2.40 bits per heavy atom. The molecule has 1 aliphatic carbocycles. The van der Waals surface area contributed by atoms with Crippen LogP contribution in [-0.4, -0.2) is 48.3 Å². The summed E-state index contributed by atoms with van der Waals surface area (Å²) < 4.78 is 6.11. The fourth-order valence-electron chi connectivity index (χ4n) is 4.08. The second-order valence-corrected chi connectivity index (χ2v) is 7.31. The zero-order chi connectivity index (χ0) is 14.6. The molecule has 3 nitrogen and oxygen atoms in total. The van der Waals surface area contributed by atoms with Crippen molar-refractivity contribution in [2.24, 2.45) is 0 Å².